The summed E-state index contributed by atoms with van der Waals surface area (Å²) in [5, 5.41) is 11.1. The van der Waals surface area contributed by atoms with Gasteiger partial charge in [0.1, 0.15) is 12.6 Å². The largest absolute Gasteiger partial charge is 0.480 e. The molecule has 0 aromatic rings. The summed E-state index contributed by atoms with van der Waals surface area (Å²) in [6, 6.07) is 0. The normalized spacial score (nSPS) is 12.2. The Balaban J connectivity index is 4.15. The minimum Gasteiger partial charge on any atom is -0.480 e. The molecule has 6 nitrogen and oxygen atoms in total. The molecule has 1 amide bonds. The second-order valence-electron chi connectivity index (χ2n) is 16.4. The van der Waals surface area contributed by atoms with E-state index < -0.39 is 5.97 Å². The van der Waals surface area contributed by atoms with Crippen molar-refractivity contribution in [3.8, 4) is 0 Å². The lowest BCUT2D eigenvalue weighted by molar-refractivity contribution is -0.150. The van der Waals surface area contributed by atoms with E-state index in [4.69, 9.17) is 9.84 Å². The predicted molar refractivity (Wildman–Crippen MR) is 236 cm³/mol. The molecule has 0 bridgehead atoms. The van der Waals surface area contributed by atoms with Gasteiger partial charge in [0.25, 0.3) is 0 Å². The fourth-order valence-electron chi connectivity index (χ4n) is 7.31. The zero-order valence-electron chi connectivity index (χ0n) is 36.5. The number of aliphatic carboxylic acids is 1. The van der Waals surface area contributed by atoms with E-state index in [1.807, 2.05) is 0 Å². The van der Waals surface area contributed by atoms with E-state index in [1.165, 1.54) is 148 Å². The van der Waals surface area contributed by atoms with E-state index in [0.717, 1.165) is 83.5 Å². The van der Waals surface area contributed by atoms with E-state index in [9.17, 15) is 14.4 Å². The van der Waals surface area contributed by atoms with E-state index in [0.29, 0.717) is 12.8 Å². The number of esters is 1. The fraction of sp³-hybridized carbons (Fsp3) is 0.857. The van der Waals surface area contributed by atoms with Gasteiger partial charge in [0.2, 0.25) is 5.91 Å². The highest BCUT2D eigenvalue weighted by atomic mass is 16.5. The van der Waals surface area contributed by atoms with Gasteiger partial charge in [0.15, 0.2) is 0 Å². The van der Waals surface area contributed by atoms with E-state index in [-0.39, 0.29) is 24.5 Å². The predicted octanol–water partition coefficient (Wildman–Crippen LogP) is 15.1. The van der Waals surface area contributed by atoms with Gasteiger partial charge in [-0.15, -0.1) is 0 Å². The minimum absolute atomic E-state index is 0.00694. The number of allylic oxidation sites excluding steroid dienone is 4. The standard InChI is InChI=1S/C49H91NO5/c1-3-5-7-9-11-13-15-17-19-20-21-23-25-27-29-31-36-40-44-49(54)55-46(42-38-34-32-35-39-43-47(51)50-45-48(52)53)41-37-33-30-28-26-24-22-18-16-14-12-10-8-6-4-2/h16,18,24,26,46H,3-15,17,19-23,25,27-45H2,1-2H3,(H,50,51)(H,52,53)/b18-16-,26-24-. The lowest BCUT2D eigenvalue weighted by Crippen LogP contribution is -2.28. The zero-order chi connectivity index (χ0) is 40.1. The van der Waals surface area contributed by atoms with Gasteiger partial charge in [0.05, 0.1) is 0 Å². The SMILES string of the molecule is CCCCCCC/C=C\C/C=C\CCCCCC(CCCCCCCC(=O)NCC(=O)O)OC(=O)CCCCCCCCCCCCCCCCCCCC. The quantitative estimate of drug-likeness (QED) is 0.0365. The molecule has 6 heteroatoms. The Morgan fingerprint density at radius 2 is 0.836 bits per heavy atom. The van der Waals surface area contributed by atoms with Crippen LogP contribution in [-0.4, -0.2) is 35.6 Å². The maximum atomic E-state index is 12.8. The van der Waals surface area contributed by atoms with Crippen molar-refractivity contribution in [2.45, 2.75) is 264 Å². The van der Waals surface area contributed by atoms with E-state index >= 15 is 0 Å². The van der Waals surface area contributed by atoms with Gasteiger partial charge in [-0.3, -0.25) is 14.4 Å². The lowest BCUT2D eigenvalue weighted by Gasteiger charge is -2.18. The van der Waals surface area contributed by atoms with Crippen LogP contribution in [0.25, 0.3) is 0 Å². The lowest BCUT2D eigenvalue weighted by atomic mass is 10.0. The minimum atomic E-state index is -1.02. The van der Waals surface area contributed by atoms with Crippen LogP contribution in [0.2, 0.25) is 0 Å². The van der Waals surface area contributed by atoms with Crippen LogP contribution < -0.4 is 5.32 Å². The summed E-state index contributed by atoms with van der Waals surface area (Å²) in [6.45, 7) is 4.24. The summed E-state index contributed by atoms with van der Waals surface area (Å²) in [6.07, 6.45) is 54.5. The second-order valence-corrected chi connectivity index (χ2v) is 16.4. The molecule has 0 fully saturated rings. The van der Waals surface area contributed by atoms with Crippen LogP contribution in [0.15, 0.2) is 24.3 Å². The molecule has 0 aromatic carbocycles. The Labute approximate surface area is 341 Å². The zero-order valence-corrected chi connectivity index (χ0v) is 36.5. The number of ether oxygens (including phenoxy) is 1. The van der Waals surface area contributed by atoms with E-state index in [1.54, 1.807) is 0 Å². The molecule has 0 aromatic heterocycles. The Kier molecular flexibility index (Phi) is 42.9. The first-order valence-corrected chi connectivity index (χ1v) is 24.0. The van der Waals surface area contributed by atoms with Gasteiger partial charge in [-0.2, -0.15) is 0 Å². The van der Waals surface area contributed by atoms with Gasteiger partial charge in [-0.1, -0.05) is 199 Å². The highest BCUT2D eigenvalue weighted by Crippen LogP contribution is 2.19. The van der Waals surface area contributed by atoms with Gasteiger partial charge in [-0.05, 0) is 70.6 Å². The second kappa shape index (κ2) is 44.6. The van der Waals surface area contributed by atoms with E-state index in [2.05, 4.69) is 43.5 Å². The third-order valence-electron chi connectivity index (χ3n) is 10.9. The van der Waals surface area contributed by atoms with Crippen molar-refractivity contribution in [1.82, 2.24) is 5.32 Å². The number of nitrogens with one attached hydrogen (secondary N) is 1. The maximum Gasteiger partial charge on any atom is 0.322 e. The Bertz CT molecular complexity index is 900. The van der Waals surface area contributed by atoms with Crippen LogP contribution in [-0.2, 0) is 19.1 Å². The average Bonchev–Trinajstić information content (AvgIpc) is 3.17. The third-order valence-corrected chi connectivity index (χ3v) is 10.9. The monoisotopic (exact) mass is 774 g/mol. The number of carboxylic acids is 1. The van der Waals surface area contributed by atoms with Crippen LogP contribution in [0.4, 0.5) is 0 Å². The molecule has 2 N–H and O–H groups in total. The Morgan fingerprint density at radius 3 is 1.27 bits per heavy atom. The van der Waals surface area contributed by atoms with Crippen molar-refractivity contribution in [2.75, 3.05) is 6.54 Å². The van der Waals surface area contributed by atoms with Crippen molar-refractivity contribution in [2.24, 2.45) is 0 Å². The average molecular weight is 774 g/mol. The summed E-state index contributed by atoms with van der Waals surface area (Å²) in [5.74, 6) is -1.23. The molecular formula is C49H91NO5. The van der Waals surface area contributed by atoms with Gasteiger partial charge in [-0.25, -0.2) is 0 Å². The summed E-state index contributed by atoms with van der Waals surface area (Å²) >= 11 is 0. The fourth-order valence-corrected chi connectivity index (χ4v) is 7.31. The van der Waals surface area contributed by atoms with Crippen molar-refractivity contribution in [3.05, 3.63) is 24.3 Å². The summed E-state index contributed by atoms with van der Waals surface area (Å²) in [4.78, 5) is 35.1. The molecule has 0 aliphatic heterocycles. The van der Waals surface area contributed by atoms with Crippen molar-refractivity contribution < 1.29 is 24.2 Å². The number of amides is 1. The van der Waals surface area contributed by atoms with Crippen molar-refractivity contribution in [3.63, 3.8) is 0 Å². The molecule has 0 rings (SSSR count). The van der Waals surface area contributed by atoms with Crippen molar-refractivity contribution in [1.29, 1.82) is 0 Å². The molecule has 322 valence electrons. The highest BCUT2D eigenvalue weighted by molar-refractivity contribution is 5.80. The molecule has 55 heavy (non-hydrogen) atoms. The molecule has 0 aliphatic carbocycles. The number of carboxylic acid groups (broad SMARTS) is 1. The summed E-state index contributed by atoms with van der Waals surface area (Å²) in [5.41, 5.74) is 0. The first-order chi connectivity index (χ1) is 27.0. The molecule has 0 spiro atoms. The number of rotatable bonds is 44. The number of unbranched alkanes of at least 4 members (excludes halogenated alkanes) is 29. The molecule has 0 saturated carbocycles. The Morgan fingerprint density at radius 1 is 0.473 bits per heavy atom. The third kappa shape index (κ3) is 44.5. The number of hydrogen-bond donors (Lipinski definition) is 2. The summed E-state index contributed by atoms with van der Waals surface area (Å²) < 4.78 is 6.05. The van der Waals surface area contributed by atoms with Gasteiger partial charge < -0.3 is 15.2 Å². The van der Waals surface area contributed by atoms with Crippen molar-refractivity contribution >= 4 is 17.8 Å². The van der Waals surface area contributed by atoms with Crippen LogP contribution in [0, 0.1) is 0 Å². The molecule has 0 heterocycles. The first kappa shape index (κ1) is 52.9. The molecule has 0 aliphatic rings. The smallest absolute Gasteiger partial charge is 0.322 e. The maximum absolute atomic E-state index is 12.8. The molecule has 1 atom stereocenters. The molecule has 0 radical (unpaired) electrons. The Hall–Kier alpha value is -2.11. The molecule has 1 unspecified atom stereocenters. The van der Waals surface area contributed by atoms with Crippen LogP contribution in [0.3, 0.4) is 0 Å². The summed E-state index contributed by atoms with van der Waals surface area (Å²) in [7, 11) is 0. The molecule has 0 saturated heterocycles. The number of carbonyl (C=O) groups is 3. The number of carbonyl (C=O) groups excluding carboxylic acids is 2. The van der Waals surface area contributed by atoms with Crippen LogP contribution in [0.1, 0.15) is 258 Å². The van der Waals surface area contributed by atoms with Gasteiger partial charge >= 0.3 is 11.9 Å². The topological polar surface area (TPSA) is 92.7 Å². The number of hydrogen-bond acceptors (Lipinski definition) is 4. The first-order valence-electron chi connectivity index (χ1n) is 24.0. The van der Waals surface area contributed by atoms with Crippen LogP contribution >= 0.6 is 0 Å². The van der Waals surface area contributed by atoms with Crippen LogP contribution in [0.5, 0.6) is 0 Å². The van der Waals surface area contributed by atoms with Gasteiger partial charge in [0, 0.05) is 12.8 Å². The molecular weight excluding hydrogens is 683 g/mol. The highest BCUT2D eigenvalue weighted by Gasteiger charge is 2.14.